The number of phenols is 1. The number of H-pyrrole nitrogens is 1. The molecule has 0 spiro atoms. The number of aliphatic hydroxyl groups excluding tert-OH is 1. The van der Waals surface area contributed by atoms with E-state index in [2.05, 4.69) is 61.8 Å². The molecule has 3 fully saturated rings. The van der Waals surface area contributed by atoms with E-state index >= 15 is 0 Å². The van der Waals surface area contributed by atoms with Gasteiger partial charge in [0.15, 0.2) is 5.65 Å². The van der Waals surface area contributed by atoms with Gasteiger partial charge in [-0.1, -0.05) is 47.7 Å². The SMILES string of the molecule is Nc1cc(C(CCN(CCO)C23CCC(c4ccccc4)(CC2)CC3)c2cnn(Cc3cccc(O)c3)c2)c2nn[nH]c2n1. The fourth-order valence-corrected chi connectivity index (χ4v) is 8.00. The highest BCUT2D eigenvalue weighted by Crippen LogP contribution is 2.55. The lowest BCUT2D eigenvalue weighted by atomic mass is 9.54. The van der Waals surface area contributed by atoms with Crippen LogP contribution in [-0.2, 0) is 12.0 Å². The van der Waals surface area contributed by atoms with E-state index in [9.17, 15) is 10.2 Å². The number of fused-ring (bicyclic) bond motifs is 4. The third kappa shape index (κ3) is 5.33. The predicted octanol–water partition coefficient (Wildman–Crippen LogP) is 4.75. The highest BCUT2D eigenvalue weighted by atomic mass is 16.3. The van der Waals surface area contributed by atoms with Crippen molar-refractivity contribution in [3.63, 3.8) is 0 Å². The molecule has 0 aliphatic heterocycles. The fraction of sp³-hybridized carbons (Fsp3) is 0.412. The quantitative estimate of drug-likeness (QED) is 0.172. The maximum Gasteiger partial charge on any atom is 0.178 e. The summed E-state index contributed by atoms with van der Waals surface area (Å²) in [6, 6.07) is 20.2. The number of aromatic amines is 1. The van der Waals surface area contributed by atoms with Gasteiger partial charge in [0.05, 0.1) is 19.3 Å². The maximum absolute atomic E-state index is 10.2. The lowest BCUT2D eigenvalue weighted by Gasteiger charge is -2.58. The van der Waals surface area contributed by atoms with Gasteiger partial charge in [-0.3, -0.25) is 9.58 Å². The van der Waals surface area contributed by atoms with Gasteiger partial charge in [0, 0.05) is 24.2 Å². The van der Waals surface area contributed by atoms with Crippen LogP contribution in [0.15, 0.2) is 73.1 Å². The van der Waals surface area contributed by atoms with Gasteiger partial charge in [-0.05, 0) is 97.4 Å². The molecule has 5 N–H and O–H groups in total. The molecule has 3 saturated carbocycles. The number of nitrogens with two attached hydrogens (primary N) is 1. The lowest BCUT2D eigenvalue weighted by molar-refractivity contribution is -0.0329. The van der Waals surface area contributed by atoms with Gasteiger partial charge < -0.3 is 15.9 Å². The van der Waals surface area contributed by atoms with E-state index < -0.39 is 0 Å². The Bertz CT molecular complexity index is 1710. The standard InChI is InChI=1S/C34H40N8O2/c35-30-20-29(31-32(37-30)39-40-38-31)28(25-21-36-42(23-25)22-24-5-4-8-27(44)19-24)9-16-41(17-18-43)34-13-10-33(11-14-34,12-15-34)26-6-2-1-3-7-26/h1-8,19-21,23,28,43-44H,9-18,22H2,(H3,35,37,38,39,40). The average molecular weight is 593 g/mol. The number of phenolic OH excluding ortho intramolecular Hbond substituents is 1. The van der Waals surface area contributed by atoms with Crippen LogP contribution in [0.2, 0.25) is 0 Å². The molecular weight excluding hydrogens is 552 g/mol. The molecule has 5 aromatic rings. The number of aromatic hydroxyl groups is 1. The van der Waals surface area contributed by atoms with E-state index in [0.29, 0.717) is 30.1 Å². The number of nitrogens with one attached hydrogen (secondary N) is 1. The monoisotopic (exact) mass is 592 g/mol. The lowest BCUT2D eigenvalue weighted by Crippen LogP contribution is -2.58. The number of nitrogen functional groups attached to an aromatic ring is 1. The Morgan fingerprint density at radius 1 is 0.977 bits per heavy atom. The molecule has 1 atom stereocenters. The largest absolute Gasteiger partial charge is 0.508 e. The van der Waals surface area contributed by atoms with Crippen molar-refractivity contribution in [3.8, 4) is 5.75 Å². The highest BCUT2D eigenvalue weighted by Gasteiger charge is 2.51. The summed E-state index contributed by atoms with van der Waals surface area (Å²) in [5.41, 5.74) is 12.4. The molecule has 44 heavy (non-hydrogen) atoms. The van der Waals surface area contributed by atoms with Crippen LogP contribution in [0.5, 0.6) is 5.75 Å². The Morgan fingerprint density at radius 2 is 1.77 bits per heavy atom. The zero-order valence-electron chi connectivity index (χ0n) is 24.9. The van der Waals surface area contributed by atoms with Crippen molar-refractivity contribution in [1.82, 2.24) is 35.1 Å². The van der Waals surface area contributed by atoms with Crippen LogP contribution >= 0.6 is 0 Å². The van der Waals surface area contributed by atoms with Crippen LogP contribution in [0.25, 0.3) is 11.2 Å². The molecule has 3 heterocycles. The van der Waals surface area contributed by atoms with Crippen molar-refractivity contribution in [1.29, 1.82) is 0 Å². The molecule has 2 aromatic carbocycles. The minimum Gasteiger partial charge on any atom is -0.508 e. The molecule has 3 aliphatic carbocycles. The summed E-state index contributed by atoms with van der Waals surface area (Å²) in [6.07, 6.45) is 11.8. The number of β-amino-alcohol motifs (C(OH)–C–C–N with tert-alkyl or cyclic N) is 1. The van der Waals surface area contributed by atoms with Crippen molar-refractivity contribution in [2.75, 3.05) is 25.4 Å². The summed E-state index contributed by atoms with van der Waals surface area (Å²) in [5, 5.41) is 36.1. The molecule has 3 aromatic heterocycles. The number of rotatable bonds is 11. The summed E-state index contributed by atoms with van der Waals surface area (Å²) in [4.78, 5) is 6.98. The number of hydrogen-bond acceptors (Lipinski definition) is 8. The number of aliphatic hydroxyl groups is 1. The van der Waals surface area contributed by atoms with Crippen LogP contribution in [-0.4, -0.2) is 70.5 Å². The Hall–Kier alpha value is -4.28. The first-order valence-electron chi connectivity index (χ1n) is 15.7. The van der Waals surface area contributed by atoms with Gasteiger partial charge in [0.25, 0.3) is 0 Å². The molecule has 8 rings (SSSR count). The van der Waals surface area contributed by atoms with Crippen molar-refractivity contribution in [3.05, 3.63) is 95.3 Å². The summed E-state index contributed by atoms with van der Waals surface area (Å²) < 4.78 is 1.90. The molecule has 3 aliphatic rings. The first-order valence-corrected chi connectivity index (χ1v) is 15.7. The third-order valence-corrected chi connectivity index (χ3v) is 10.4. The smallest absolute Gasteiger partial charge is 0.178 e. The first-order chi connectivity index (χ1) is 21.5. The minimum absolute atomic E-state index is 0.0565. The van der Waals surface area contributed by atoms with E-state index in [1.54, 1.807) is 12.1 Å². The summed E-state index contributed by atoms with van der Waals surface area (Å²) in [5.74, 6) is 0.598. The number of nitrogens with zero attached hydrogens (tertiary/aromatic N) is 6. The summed E-state index contributed by atoms with van der Waals surface area (Å²) in [6.45, 7) is 2.15. The number of pyridine rings is 1. The van der Waals surface area contributed by atoms with Gasteiger partial charge in [0.1, 0.15) is 17.1 Å². The second-order valence-corrected chi connectivity index (χ2v) is 12.7. The Balaban J connectivity index is 1.16. The fourth-order valence-electron chi connectivity index (χ4n) is 8.00. The average Bonchev–Trinajstić information content (AvgIpc) is 3.72. The number of aromatic nitrogens is 6. The van der Waals surface area contributed by atoms with Crippen LogP contribution in [0.3, 0.4) is 0 Å². The first kappa shape index (κ1) is 28.5. The Morgan fingerprint density at radius 3 is 2.52 bits per heavy atom. The van der Waals surface area contributed by atoms with E-state index in [1.165, 1.54) is 24.8 Å². The van der Waals surface area contributed by atoms with Crippen molar-refractivity contribution < 1.29 is 10.2 Å². The van der Waals surface area contributed by atoms with Crippen LogP contribution < -0.4 is 5.73 Å². The van der Waals surface area contributed by atoms with Crippen molar-refractivity contribution in [2.24, 2.45) is 0 Å². The van der Waals surface area contributed by atoms with E-state index in [4.69, 9.17) is 10.8 Å². The van der Waals surface area contributed by atoms with E-state index in [1.807, 2.05) is 29.1 Å². The molecule has 2 bridgehead atoms. The number of benzene rings is 2. The van der Waals surface area contributed by atoms with Crippen LogP contribution in [0.1, 0.15) is 73.1 Å². The zero-order valence-corrected chi connectivity index (χ0v) is 24.9. The van der Waals surface area contributed by atoms with Gasteiger partial charge in [-0.15, -0.1) is 5.10 Å². The topological polar surface area (TPSA) is 142 Å². The molecule has 228 valence electrons. The van der Waals surface area contributed by atoms with Crippen molar-refractivity contribution in [2.45, 2.75) is 68.4 Å². The number of hydrogen-bond donors (Lipinski definition) is 4. The van der Waals surface area contributed by atoms with Crippen LogP contribution in [0, 0.1) is 0 Å². The van der Waals surface area contributed by atoms with E-state index in [0.717, 1.165) is 48.9 Å². The summed E-state index contributed by atoms with van der Waals surface area (Å²) in [7, 11) is 0. The van der Waals surface area contributed by atoms with Gasteiger partial charge in [0.2, 0.25) is 0 Å². The second-order valence-electron chi connectivity index (χ2n) is 12.7. The molecule has 10 heteroatoms. The zero-order chi connectivity index (χ0) is 30.1. The highest BCUT2D eigenvalue weighted by molar-refractivity contribution is 5.77. The Kier molecular flexibility index (Phi) is 7.55. The molecule has 0 radical (unpaired) electrons. The van der Waals surface area contributed by atoms with Crippen molar-refractivity contribution >= 4 is 17.0 Å². The second kappa shape index (κ2) is 11.7. The molecular formula is C34H40N8O2. The van der Waals surface area contributed by atoms with Gasteiger partial charge in [-0.2, -0.15) is 5.10 Å². The molecule has 1 unspecified atom stereocenters. The van der Waals surface area contributed by atoms with Crippen LogP contribution in [0.4, 0.5) is 5.82 Å². The van der Waals surface area contributed by atoms with Gasteiger partial charge >= 0.3 is 0 Å². The molecule has 10 nitrogen and oxygen atoms in total. The number of anilines is 1. The molecule has 0 saturated heterocycles. The van der Waals surface area contributed by atoms with E-state index in [-0.39, 0.29) is 29.2 Å². The minimum atomic E-state index is -0.0565. The Labute approximate surface area is 256 Å². The maximum atomic E-state index is 10.2. The third-order valence-electron chi connectivity index (χ3n) is 10.4. The van der Waals surface area contributed by atoms with Gasteiger partial charge in [-0.25, -0.2) is 10.1 Å². The molecule has 0 amide bonds. The normalized spacial score (nSPS) is 22.1. The summed E-state index contributed by atoms with van der Waals surface area (Å²) >= 11 is 0. The predicted molar refractivity (Wildman–Crippen MR) is 169 cm³/mol.